The van der Waals surface area contributed by atoms with Gasteiger partial charge in [0.25, 0.3) is 0 Å². The van der Waals surface area contributed by atoms with Crippen molar-refractivity contribution in [2.75, 3.05) is 0 Å². The maximum Gasteiger partial charge on any atom is 0.409 e. The van der Waals surface area contributed by atoms with Crippen molar-refractivity contribution >= 4 is 12.2 Å². The summed E-state index contributed by atoms with van der Waals surface area (Å²) in [6.45, 7) is 13.0. The molecule has 0 heterocycles. The molecule has 0 aliphatic heterocycles. The number of ether oxygens (including phenoxy) is 2. The Labute approximate surface area is 159 Å². The second-order valence-corrected chi connectivity index (χ2v) is 8.76. The van der Waals surface area contributed by atoms with Crippen LogP contribution >= 0.6 is 0 Å². The van der Waals surface area contributed by atoms with Gasteiger partial charge < -0.3 is 20.1 Å². The van der Waals surface area contributed by atoms with Crippen molar-refractivity contribution < 1.29 is 19.1 Å². The van der Waals surface area contributed by atoms with Crippen LogP contribution in [0, 0.1) is 0 Å². The average molecular weight is 373 g/mol. The molecule has 0 aliphatic rings. The summed E-state index contributed by atoms with van der Waals surface area (Å²) in [5, 5.41) is 5.46. The van der Waals surface area contributed by atoms with E-state index in [1.54, 1.807) is 41.5 Å². The number of carbonyl (C=O) groups excluding carboxylic acids is 2. The van der Waals surface area contributed by atoms with E-state index in [1.807, 2.05) is 0 Å². The van der Waals surface area contributed by atoms with Crippen LogP contribution in [0.15, 0.2) is 0 Å². The molecule has 0 saturated heterocycles. The number of nitrogens with one attached hydrogen (secondary N) is 2. The first-order valence-corrected chi connectivity index (χ1v) is 9.92. The lowest BCUT2D eigenvalue weighted by Gasteiger charge is -2.26. The molecule has 0 aromatic rings. The molecule has 2 amide bonds. The van der Waals surface area contributed by atoms with Gasteiger partial charge in [-0.25, -0.2) is 9.59 Å². The number of alkyl carbamates (subject to hydrolysis) is 2. The van der Waals surface area contributed by atoms with E-state index >= 15 is 0 Å². The van der Waals surface area contributed by atoms with Crippen LogP contribution < -0.4 is 10.6 Å². The summed E-state index contributed by atoms with van der Waals surface area (Å²) in [5.41, 5.74) is -1.17. The average Bonchev–Trinajstić information content (AvgIpc) is 2.41. The van der Waals surface area contributed by atoms with Crippen LogP contribution in [0.5, 0.6) is 0 Å². The van der Waals surface area contributed by atoms with Crippen molar-refractivity contribution in [3.63, 3.8) is 0 Å². The Bertz CT molecular complexity index is 381. The first-order chi connectivity index (χ1) is 11.9. The minimum Gasteiger partial charge on any atom is -0.444 e. The molecule has 0 rings (SSSR count). The Morgan fingerprint density at radius 3 is 1.50 bits per heavy atom. The molecule has 0 bridgehead atoms. The first-order valence-electron chi connectivity index (χ1n) is 9.92. The molecule has 2 N–H and O–H groups in total. The monoisotopic (exact) mass is 372 g/mol. The third kappa shape index (κ3) is 16.0. The summed E-state index contributed by atoms with van der Waals surface area (Å²) >= 11 is 0. The van der Waals surface area contributed by atoms with Gasteiger partial charge in [0.1, 0.15) is 17.4 Å². The molecular weight excluding hydrogens is 332 g/mol. The van der Waals surface area contributed by atoms with Crippen molar-refractivity contribution in [3.05, 3.63) is 0 Å². The SMILES string of the molecule is CCCCCCCCCC(NC(=O)OC(C)(C)C)NC(=O)OC(C)(C)C. The molecule has 154 valence electrons. The molecule has 0 spiro atoms. The van der Waals surface area contributed by atoms with Gasteiger partial charge in [-0.3, -0.25) is 0 Å². The van der Waals surface area contributed by atoms with Crippen LogP contribution in [0.3, 0.4) is 0 Å². The highest BCUT2D eigenvalue weighted by atomic mass is 16.6. The lowest BCUT2D eigenvalue weighted by molar-refractivity contribution is 0.0420. The van der Waals surface area contributed by atoms with Crippen molar-refractivity contribution in [1.29, 1.82) is 0 Å². The van der Waals surface area contributed by atoms with Gasteiger partial charge >= 0.3 is 12.2 Å². The van der Waals surface area contributed by atoms with Crippen molar-refractivity contribution in [3.8, 4) is 0 Å². The van der Waals surface area contributed by atoms with E-state index in [-0.39, 0.29) is 0 Å². The lowest BCUT2D eigenvalue weighted by atomic mass is 10.1. The number of carbonyl (C=O) groups is 2. The fourth-order valence-electron chi connectivity index (χ4n) is 2.39. The quantitative estimate of drug-likeness (QED) is 0.392. The second kappa shape index (κ2) is 12.0. The first kappa shape index (κ1) is 24.5. The van der Waals surface area contributed by atoms with Crippen LogP contribution in [-0.2, 0) is 9.47 Å². The highest BCUT2D eigenvalue weighted by Gasteiger charge is 2.23. The van der Waals surface area contributed by atoms with Gasteiger partial charge in [0, 0.05) is 0 Å². The van der Waals surface area contributed by atoms with E-state index in [9.17, 15) is 9.59 Å². The summed E-state index contributed by atoms with van der Waals surface area (Å²) in [4.78, 5) is 24.0. The lowest BCUT2D eigenvalue weighted by Crippen LogP contribution is -2.50. The largest absolute Gasteiger partial charge is 0.444 e. The maximum atomic E-state index is 12.0. The molecular formula is C20H40N2O4. The molecule has 0 aliphatic carbocycles. The van der Waals surface area contributed by atoms with E-state index in [2.05, 4.69) is 17.6 Å². The van der Waals surface area contributed by atoms with Crippen molar-refractivity contribution in [2.24, 2.45) is 0 Å². The number of hydrogen-bond acceptors (Lipinski definition) is 4. The zero-order valence-electron chi connectivity index (χ0n) is 17.9. The Kier molecular flexibility index (Phi) is 11.3. The molecule has 0 aromatic heterocycles. The van der Waals surface area contributed by atoms with Crippen LogP contribution in [0.1, 0.15) is 99.8 Å². The molecule has 6 heteroatoms. The summed E-state index contributed by atoms with van der Waals surface area (Å²) in [6, 6.07) is 0. The summed E-state index contributed by atoms with van der Waals surface area (Å²) in [7, 11) is 0. The smallest absolute Gasteiger partial charge is 0.409 e. The molecule has 26 heavy (non-hydrogen) atoms. The fourth-order valence-corrected chi connectivity index (χ4v) is 2.39. The second-order valence-electron chi connectivity index (χ2n) is 8.76. The molecule has 0 unspecified atom stereocenters. The van der Waals surface area contributed by atoms with Gasteiger partial charge in [-0.2, -0.15) is 0 Å². The predicted molar refractivity (Wildman–Crippen MR) is 105 cm³/mol. The van der Waals surface area contributed by atoms with Gasteiger partial charge in [-0.15, -0.1) is 0 Å². The minimum atomic E-state index is -0.584. The topological polar surface area (TPSA) is 76.7 Å². The zero-order chi connectivity index (χ0) is 20.2. The van der Waals surface area contributed by atoms with Crippen LogP contribution in [0.4, 0.5) is 9.59 Å². The van der Waals surface area contributed by atoms with E-state index in [4.69, 9.17) is 9.47 Å². The summed E-state index contributed by atoms with van der Waals surface area (Å²) < 4.78 is 10.6. The zero-order valence-corrected chi connectivity index (χ0v) is 17.9. The van der Waals surface area contributed by atoms with Crippen LogP contribution in [-0.4, -0.2) is 29.6 Å². The number of unbranched alkanes of at least 4 members (excludes halogenated alkanes) is 6. The number of hydrogen-bond donors (Lipinski definition) is 2. The van der Waals surface area contributed by atoms with E-state index < -0.39 is 29.6 Å². The predicted octanol–water partition coefficient (Wildman–Crippen LogP) is 5.50. The Morgan fingerprint density at radius 2 is 1.12 bits per heavy atom. The third-order valence-corrected chi connectivity index (χ3v) is 3.48. The molecule has 0 aromatic carbocycles. The molecule has 0 saturated carbocycles. The normalized spacial score (nSPS) is 12.0. The Morgan fingerprint density at radius 1 is 0.731 bits per heavy atom. The summed E-state index contributed by atoms with van der Waals surface area (Å²) in [6.07, 6.45) is 7.25. The molecule has 0 atom stereocenters. The van der Waals surface area contributed by atoms with Gasteiger partial charge in [-0.05, 0) is 54.4 Å². The Balaban J connectivity index is 4.44. The maximum absolute atomic E-state index is 12.0. The van der Waals surface area contributed by atoms with Crippen LogP contribution in [0.2, 0.25) is 0 Å². The number of rotatable bonds is 10. The van der Waals surface area contributed by atoms with E-state index in [0.29, 0.717) is 6.42 Å². The third-order valence-electron chi connectivity index (χ3n) is 3.48. The van der Waals surface area contributed by atoms with Gasteiger partial charge in [-0.1, -0.05) is 45.4 Å². The Hall–Kier alpha value is -1.46. The highest BCUT2D eigenvalue weighted by molar-refractivity contribution is 5.71. The van der Waals surface area contributed by atoms with Crippen LogP contribution in [0.25, 0.3) is 0 Å². The fraction of sp³-hybridized carbons (Fsp3) is 0.900. The highest BCUT2D eigenvalue weighted by Crippen LogP contribution is 2.12. The standard InChI is InChI=1S/C20H40N2O4/c1-8-9-10-11-12-13-14-15-16(21-17(23)25-19(2,3)4)22-18(24)26-20(5,6)7/h16H,8-15H2,1-7H3,(H,21,23)(H,22,24). The van der Waals surface area contributed by atoms with Gasteiger partial charge in [0.2, 0.25) is 0 Å². The molecule has 0 fully saturated rings. The van der Waals surface area contributed by atoms with Gasteiger partial charge in [0.05, 0.1) is 0 Å². The van der Waals surface area contributed by atoms with E-state index in [0.717, 1.165) is 12.8 Å². The minimum absolute atomic E-state index is 0.504. The number of amides is 2. The molecule has 0 radical (unpaired) electrons. The van der Waals surface area contributed by atoms with Crippen molar-refractivity contribution in [2.45, 2.75) is 117 Å². The van der Waals surface area contributed by atoms with E-state index in [1.165, 1.54) is 32.1 Å². The summed E-state index contributed by atoms with van der Waals surface area (Å²) in [5.74, 6) is 0. The van der Waals surface area contributed by atoms with Crippen molar-refractivity contribution in [1.82, 2.24) is 10.6 Å². The van der Waals surface area contributed by atoms with Gasteiger partial charge in [0.15, 0.2) is 0 Å². The molecule has 6 nitrogen and oxygen atoms in total.